The maximum absolute atomic E-state index is 12.4. The monoisotopic (exact) mass is 648 g/mol. The molecule has 0 heterocycles. The van der Waals surface area contributed by atoms with Crippen molar-refractivity contribution in [2.45, 2.75) is 212 Å². The normalized spacial score (nSPS) is 14.1. The number of carbonyl (C=O) groups excluding carboxylic acids is 1. The standard InChI is InChI=1S/C41H77NO4/c1-3-5-7-9-11-13-15-17-19-20-22-24-26-28-30-32-34-36-40(45)41(46)42-38(37-43)39(44)35-33-31-29-27-25-23-21-18-16-14-12-10-8-6-4-2/h16,18,25,27,33,35,38-40,43-45H,3-15,17,19-24,26,28-32,34,36-37H2,1-2H3,(H,42,46)/b18-16+,27-25+,35-33+. The Hall–Kier alpha value is -1.43. The van der Waals surface area contributed by atoms with Crippen LogP contribution in [0.3, 0.4) is 0 Å². The lowest BCUT2D eigenvalue weighted by Gasteiger charge is -2.21. The summed E-state index contributed by atoms with van der Waals surface area (Å²) in [7, 11) is 0. The molecule has 5 nitrogen and oxygen atoms in total. The fourth-order valence-corrected chi connectivity index (χ4v) is 5.80. The highest BCUT2D eigenvalue weighted by molar-refractivity contribution is 5.80. The highest BCUT2D eigenvalue weighted by Gasteiger charge is 2.22. The molecule has 0 bridgehead atoms. The molecule has 0 saturated heterocycles. The number of hydrogen-bond acceptors (Lipinski definition) is 4. The van der Waals surface area contributed by atoms with E-state index in [1.54, 1.807) is 6.08 Å². The smallest absolute Gasteiger partial charge is 0.249 e. The second kappa shape index (κ2) is 36.4. The number of nitrogens with one attached hydrogen (secondary N) is 1. The third-order valence-electron chi connectivity index (χ3n) is 8.96. The fraction of sp³-hybridized carbons (Fsp3) is 0.829. The zero-order valence-corrected chi connectivity index (χ0v) is 30.5. The van der Waals surface area contributed by atoms with E-state index in [2.05, 4.69) is 43.5 Å². The lowest BCUT2D eigenvalue weighted by Crippen LogP contribution is -2.48. The summed E-state index contributed by atoms with van der Waals surface area (Å²) < 4.78 is 0. The molecule has 0 aliphatic rings. The lowest BCUT2D eigenvalue weighted by molar-refractivity contribution is -0.131. The largest absolute Gasteiger partial charge is 0.394 e. The highest BCUT2D eigenvalue weighted by Crippen LogP contribution is 2.15. The van der Waals surface area contributed by atoms with Crippen LogP contribution in [-0.4, -0.2) is 46.1 Å². The van der Waals surface area contributed by atoms with Gasteiger partial charge in [0.2, 0.25) is 5.91 Å². The zero-order chi connectivity index (χ0) is 33.8. The summed E-state index contributed by atoms with van der Waals surface area (Å²) in [6, 6.07) is -0.817. The van der Waals surface area contributed by atoms with Crippen molar-refractivity contribution in [1.82, 2.24) is 5.32 Å². The predicted octanol–water partition coefficient (Wildman–Crippen LogP) is 10.8. The number of aliphatic hydroxyl groups excluding tert-OH is 3. The van der Waals surface area contributed by atoms with Crippen molar-refractivity contribution in [2.24, 2.45) is 0 Å². The Balaban J connectivity index is 3.77. The van der Waals surface area contributed by atoms with Gasteiger partial charge < -0.3 is 20.6 Å². The van der Waals surface area contributed by atoms with Crippen LogP contribution < -0.4 is 5.32 Å². The first-order chi connectivity index (χ1) is 22.6. The minimum absolute atomic E-state index is 0.380. The van der Waals surface area contributed by atoms with E-state index < -0.39 is 24.2 Å². The van der Waals surface area contributed by atoms with E-state index in [1.165, 1.54) is 128 Å². The molecule has 0 aliphatic heterocycles. The molecule has 0 fully saturated rings. The molecule has 0 aromatic heterocycles. The molecule has 3 unspecified atom stereocenters. The number of carbonyl (C=O) groups is 1. The first-order valence-corrected chi connectivity index (χ1v) is 19.8. The van der Waals surface area contributed by atoms with Gasteiger partial charge in [0.1, 0.15) is 6.10 Å². The van der Waals surface area contributed by atoms with Crippen molar-refractivity contribution in [3.05, 3.63) is 36.5 Å². The molecule has 46 heavy (non-hydrogen) atoms. The third kappa shape index (κ3) is 31.2. The van der Waals surface area contributed by atoms with E-state index >= 15 is 0 Å². The average Bonchev–Trinajstić information content (AvgIpc) is 3.06. The predicted molar refractivity (Wildman–Crippen MR) is 199 cm³/mol. The Labute approximate surface area is 285 Å². The van der Waals surface area contributed by atoms with Crippen molar-refractivity contribution >= 4 is 5.91 Å². The van der Waals surface area contributed by atoms with Gasteiger partial charge in [-0.05, 0) is 44.9 Å². The Kier molecular flexibility index (Phi) is 35.3. The van der Waals surface area contributed by atoms with Crippen molar-refractivity contribution in [2.75, 3.05) is 6.61 Å². The number of aliphatic hydroxyl groups is 3. The molecule has 0 aromatic carbocycles. The molecule has 0 radical (unpaired) electrons. The minimum atomic E-state index is -1.10. The quantitative estimate of drug-likeness (QED) is 0.0407. The third-order valence-corrected chi connectivity index (χ3v) is 8.96. The number of allylic oxidation sites excluding steroid dienone is 5. The van der Waals surface area contributed by atoms with Crippen molar-refractivity contribution < 1.29 is 20.1 Å². The van der Waals surface area contributed by atoms with E-state index in [1.807, 2.05) is 6.08 Å². The van der Waals surface area contributed by atoms with Crippen LogP contribution in [0.1, 0.15) is 194 Å². The Bertz CT molecular complexity index is 719. The molecule has 4 N–H and O–H groups in total. The van der Waals surface area contributed by atoms with Gasteiger partial charge in [0.25, 0.3) is 0 Å². The minimum Gasteiger partial charge on any atom is -0.394 e. The summed E-state index contributed by atoms with van der Waals surface area (Å²) in [5, 5.41) is 33.0. The summed E-state index contributed by atoms with van der Waals surface area (Å²) in [5.74, 6) is -0.517. The Morgan fingerprint density at radius 3 is 1.33 bits per heavy atom. The van der Waals surface area contributed by atoms with Gasteiger partial charge in [-0.1, -0.05) is 185 Å². The van der Waals surface area contributed by atoms with Gasteiger partial charge in [0, 0.05) is 0 Å². The number of hydrogen-bond donors (Lipinski definition) is 4. The molecular formula is C41H77NO4. The summed E-state index contributed by atoms with van der Waals surface area (Å²) in [6.07, 6.45) is 44.5. The van der Waals surface area contributed by atoms with Gasteiger partial charge in [-0.3, -0.25) is 4.79 Å². The van der Waals surface area contributed by atoms with Crippen molar-refractivity contribution in [3.8, 4) is 0 Å². The molecule has 0 spiro atoms. The van der Waals surface area contributed by atoms with Crippen LogP contribution >= 0.6 is 0 Å². The molecule has 3 atom stereocenters. The van der Waals surface area contributed by atoms with Gasteiger partial charge in [0.15, 0.2) is 0 Å². The lowest BCUT2D eigenvalue weighted by atomic mass is 10.0. The van der Waals surface area contributed by atoms with Crippen LogP contribution in [0.15, 0.2) is 36.5 Å². The van der Waals surface area contributed by atoms with Crippen molar-refractivity contribution in [3.63, 3.8) is 0 Å². The topological polar surface area (TPSA) is 89.8 Å². The SMILES string of the molecule is CCCCCCC/C=C/CC/C=C/CC/C=C/C(O)C(CO)NC(=O)C(O)CCCCCCCCCCCCCCCCCCC. The zero-order valence-electron chi connectivity index (χ0n) is 30.5. The van der Waals surface area contributed by atoms with Crippen LogP contribution in [0.25, 0.3) is 0 Å². The maximum atomic E-state index is 12.4. The van der Waals surface area contributed by atoms with E-state index in [4.69, 9.17) is 0 Å². The second-order valence-electron chi connectivity index (χ2n) is 13.5. The van der Waals surface area contributed by atoms with Crippen LogP contribution in [0.4, 0.5) is 0 Å². The second-order valence-corrected chi connectivity index (χ2v) is 13.5. The van der Waals surface area contributed by atoms with Gasteiger partial charge in [-0.25, -0.2) is 0 Å². The van der Waals surface area contributed by atoms with E-state index in [0.29, 0.717) is 6.42 Å². The van der Waals surface area contributed by atoms with Crippen LogP contribution in [-0.2, 0) is 4.79 Å². The van der Waals surface area contributed by atoms with Crippen molar-refractivity contribution in [1.29, 1.82) is 0 Å². The molecule has 5 heteroatoms. The van der Waals surface area contributed by atoms with Gasteiger partial charge in [0.05, 0.1) is 18.8 Å². The molecule has 0 aliphatic carbocycles. The van der Waals surface area contributed by atoms with E-state index in [-0.39, 0.29) is 6.61 Å². The first kappa shape index (κ1) is 44.6. The molecule has 0 saturated carbocycles. The Morgan fingerprint density at radius 2 is 0.891 bits per heavy atom. The number of unbranched alkanes of at least 4 members (excludes halogenated alkanes) is 23. The van der Waals surface area contributed by atoms with E-state index in [9.17, 15) is 20.1 Å². The molecule has 0 rings (SSSR count). The molecule has 0 aromatic rings. The summed E-state index contributed by atoms with van der Waals surface area (Å²) >= 11 is 0. The molecular weight excluding hydrogens is 570 g/mol. The van der Waals surface area contributed by atoms with Crippen LogP contribution in [0.5, 0.6) is 0 Å². The molecule has 270 valence electrons. The average molecular weight is 648 g/mol. The van der Waals surface area contributed by atoms with Gasteiger partial charge in [-0.2, -0.15) is 0 Å². The molecule has 1 amide bonds. The summed E-state index contributed by atoms with van der Waals surface area (Å²) in [4.78, 5) is 12.4. The van der Waals surface area contributed by atoms with Crippen LogP contribution in [0.2, 0.25) is 0 Å². The van der Waals surface area contributed by atoms with E-state index in [0.717, 1.165) is 44.9 Å². The summed E-state index contributed by atoms with van der Waals surface area (Å²) in [6.45, 7) is 4.14. The van der Waals surface area contributed by atoms with Gasteiger partial charge >= 0.3 is 0 Å². The summed E-state index contributed by atoms with van der Waals surface area (Å²) in [5.41, 5.74) is 0. The van der Waals surface area contributed by atoms with Crippen LogP contribution in [0, 0.1) is 0 Å². The fourth-order valence-electron chi connectivity index (χ4n) is 5.80. The number of rotatable bonds is 35. The number of amides is 1. The maximum Gasteiger partial charge on any atom is 0.249 e. The highest BCUT2D eigenvalue weighted by atomic mass is 16.3. The first-order valence-electron chi connectivity index (χ1n) is 19.8. The van der Waals surface area contributed by atoms with Gasteiger partial charge in [-0.15, -0.1) is 0 Å². The Morgan fingerprint density at radius 1 is 0.522 bits per heavy atom.